The minimum Gasteiger partial charge on any atom is -0.497 e. The molecule has 2 aliphatic heterocycles. The number of ether oxygens (including phenoxy) is 2. The SMILES string of the molecule is C/C=C/C(=O)Cl.C/C=C/C(=O)N1CCC[C@H]1c1nc(-c2ccc(C(=O)Nc3cc(OC)ccn3)cc2)c(C(N)=O)n1N.COc1ccnc(NC(=O)c2ccc(-c3nc([C@@H]4CCCN4)n(N)c3C(N)=O)cc2)c1. The minimum atomic E-state index is -0.749. The van der Waals surface area contributed by atoms with E-state index in [9.17, 15) is 28.8 Å². The highest BCUT2D eigenvalue weighted by molar-refractivity contribution is 6.66. The molecule has 23 heteroatoms. The number of halogens is 1. The summed E-state index contributed by atoms with van der Waals surface area (Å²) in [5.74, 6) is 13.0. The van der Waals surface area contributed by atoms with Crippen LogP contribution < -0.4 is 48.6 Å². The summed E-state index contributed by atoms with van der Waals surface area (Å²) in [6.45, 7) is 4.94. The van der Waals surface area contributed by atoms with E-state index < -0.39 is 17.1 Å². The molecule has 2 aliphatic rings. The number of methoxy groups -OCH3 is 2. The van der Waals surface area contributed by atoms with Crippen LogP contribution >= 0.6 is 11.6 Å². The number of carbonyl (C=O) groups is 6. The van der Waals surface area contributed by atoms with Crippen LogP contribution in [-0.2, 0) is 9.59 Å². The number of likely N-dealkylation sites (tertiary alicyclic amines) is 1. The topological polar surface area (TPSA) is 326 Å². The number of nitrogens with zero attached hydrogens (tertiary/aromatic N) is 7. The number of hydrogen-bond acceptors (Lipinski definition) is 15. The maximum atomic E-state index is 12.7. The lowest BCUT2D eigenvalue weighted by Gasteiger charge is -2.22. The van der Waals surface area contributed by atoms with Crippen molar-refractivity contribution in [3.8, 4) is 34.0 Å². The molecule has 4 aromatic heterocycles. The van der Waals surface area contributed by atoms with Gasteiger partial charge in [0.25, 0.3) is 23.6 Å². The lowest BCUT2D eigenvalue weighted by atomic mass is 10.1. The highest BCUT2D eigenvalue weighted by Crippen LogP contribution is 2.35. The molecule has 2 atom stereocenters. The Kier molecular flexibility index (Phi) is 18.2. The Morgan fingerprint density at radius 1 is 0.685 bits per heavy atom. The third kappa shape index (κ3) is 13.1. The molecule has 0 aliphatic carbocycles. The molecule has 2 fully saturated rings. The quantitative estimate of drug-likeness (QED) is 0.0428. The van der Waals surface area contributed by atoms with Crippen molar-refractivity contribution in [1.82, 2.24) is 39.5 Å². The molecule has 0 bridgehead atoms. The number of rotatable bonds is 14. The molecule has 22 nitrogen and oxygen atoms in total. The fourth-order valence-electron chi connectivity index (χ4n) is 7.98. The smallest absolute Gasteiger partial charge is 0.269 e. The lowest BCUT2D eigenvalue weighted by Crippen LogP contribution is -2.33. The number of anilines is 2. The minimum absolute atomic E-state index is 0.0214. The molecule has 0 unspecified atom stereocenters. The van der Waals surface area contributed by atoms with E-state index in [0.29, 0.717) is 75.7 Å². The van der Waals surface area contributed by atoms with Gasteiger partial charge in [0.2, 0.25) is 11.1 Å². The average Bonchev–Trinajstić information content (AvgIpc) is 4.21. The number of primary amides is 2. The summed E-state index contributed by atoms with van der Waals surface area (Å²) in [5, 5.41) is 8.33. The number of benzene rings is 2. The first-order valence-electron chi connectivity index (χ1n) is 22.8. The molecule has 380 valence electrons. The Labute approximate surface area is 424 Å². The number of pyridine rings is 2. The first-order valence-corrected chi connectivity index (χ1v) is 23.1. The van der Waals surface area contributed by atoms with Gasteiger partial charge in [-0.25, -0.2) is 29.3 Å². The van der Waals surface area contributed by atoms with E-state index in [-0.39, 0.29) is 46.9 Å². The fourth-order valence-corrected chi connectivity index (χ4v) is 8.10. The summed E-state index contributed by atoms with van der Waals surface area (Å²) in [6.07, 6.45) is 12.5. The Morgan fingerprint density at radius 3 is 1.58 bits per heavy atom. The number of allylic oxidation sites excluding steroid dienone is 3. The third-order valence-electron chi connectivity index (χ3n) is 11.4. The summed E-state index contributed by atoms with van der Waals surface area (Å²) < 4.78 is 12.7. The zero-order valence-electron chi connectivity index (χ0n) is 40.4. The number of aromatic nitrogens is 6. The van der Waals surface area contributed by atoms with Crippen LogP contribution in [0.15, 0.2) is 109 Å². The number of nitrogens with one attached hydrogen (secondary N) is 3. The molecule has 73 heavy (non-hydrogen) atoms. The Bertz CT molecular complexity index is 3040. The largest absolute Gasteiger partial charge is 0.497 e. The molecule has 11 N–H and O–H groups in total. The van der Waals surface area contributed by atoms with Gasteiger partial charge in [-0.05, 0) is 106 Å². The van der Waals surface area contributed by atoms with Crippen molar-refractivity contribution in [3.05, 3.63) is 144 Å². The average molecular weight is 1020 g/mol. The molecule has 0 radical (unpaired) electrons. The maximum Gasteiger partial charge on any atom is 0.269 e. The van der Waals surface area contributed by atoms with Gasteiger partial charge in [0.05, 0.1) is 26.3 Å². The third-order valence-corrected chi connectivity index (χ3v) is 11.5. The van der Waals surface area contributed by atoms with Crippen LogP contribution in [0.25, 0.3) is 22.5 Å². The van der Waals surface area contributed by atoms with Gasteiger partial charge in [-0.15, -0.1) is 0 Å². The van der Waals surface area contributed by atoms with Crippen molar-refractivity contribution in [2.75, 3.05) is 49.6 Å². The second kappa shape index (κ2) is 24.8. The summed E-state index contributed by atoms with van der Waals surface area (Å²) in [5.41, 5.74) is 14.0. The van der Waals surface area contributed by atoms with Crippen LogP contribution in [0, 0.1) is 0 Å². The number of hydrogen-bond donors (Lipinski definition) is 7. The van der Waals surface area contributed by atoms with Crippen molar-refractivity contribution in [3.63, 3.8) is 0 Å². The standard InChI is InChI=1S/C25H27N7O4.C21H23N7O3.C4H5ClO/c1-3-5-20(33)31-13-4-6-18(31)24-30-21(22(23(26)34)32(24)27)15-7-9-16(10-8-15)25(35)29-19-14-17(36-2)11-12-28-19;1-31-14-8-10-25-16(11-14)26-21(30)13-6-4-12(5-7-13)17-18(19(22)29)28(23)20(27-17)15-3-2-9-24-15;1-2-3-4(5)6/h3,5,7-12,14,18H,4,6,13,27H2,1-2H3,(H2,26,34)(H,28,29,35);4-8,10-11,15,24H,2-3,9,23H2,1H3,(H2,22,29)(H,25,26,30);2-3H,1H3/b5-3+;;3-2+/t18-;15-;/m00./s1. The first kappa shape index (κ1) is 53.5. The molecular weight excluding hydrogens is 960 g/mol. The van der Waals surface area contributed by atoms with Gasteiger partial charge in [0, 0.05) is 53.3 Å². The molecule has 2 saturated heterocycles. The van der Waals surface area contributed by atoms with E-state index in [4.69, 9.17) is 44.2 Å². The number of nitrogens with two attached hydrogens (primary N) is 4. The Hall–Kier alpha value is -8.89. The predicted molar refractivity (Wildman–Crippen MR) is 274 cm³/mol. The normalized spacial score (nSPS) is 14.9. The monoisotopic (exact) mass is 1010 g/mol. The van der Waals surface area contributed by atoms with E-state index in [2.05, 4.69) is 35.9 Å². The second-order valence-corrected chi connectivity index (χ2v) is 16.5. The van der Waals surface area contributed by atoms with Crippen molar-refractivity contribution in [2.24, 2.45) is 11.5 Å². The molecular formula is C50H55ClN14O8. The number of imidazole rings is 2. The molecule has 5 amide bonds. The van der Waals surface area contributed by atoms with Crippen LogP contribution in [0.3, 0.4) is 0 Å². The van der Waals surface area contributed by atoms with Crippen LogP contribution in [0.1, 0.15) is 105 Å². The van der Waals surface area contributed by atoms with Gasteiger partial charge in [-0.2, -0.15) is 0 Å². The van der Waals surface area contributed by atoms with Crippen LogP contribution in [-0.4, -0.2) is 96.3 Å². The van der Waals surface area contributed by atoms with E-state index in [1.54, 1.807) is 110 Å². The summed E-state index contributed by atoms with van der Waals surface area (Å²) in [4.78, 5) is 90.9. The summed E-state index contributed by atoms with van der Waals surface area (Å²) in [6, 6.07) is 19.4. The van der Waals surface area contributed by atoms with Gasteiger partial charge in [-0.3, -0.25) is 28.8 Å². The van der Waals surface area contributed by atoms with Crippen LogP contribution in [0.5, 0.6) is 11.5 Å². The number of carbonyl (C=O) groups excluding carboxylic acids is 6. The molecule has 6 aromatic rings. The summed E-state index contributed by atoms with van der Waals surface area (Å²) >= 11 is 4.85. The van der Waals surface area contributed by atoms with E-state index in [0.717, 1.165) is 25.8 Å². The molecule has 0 saturated carbocycles. The fraction of sp³-hybridized carbons (Fsp3) is 0.240. The second-order valence-electron chi connectivity index (χ2n) is 16.2. The van der Waals surface area contributed by atoms with E-state index >= 15 is 0 Å². The van der Waals surface area contributed by atoms with Gasteiger partial charge >= 0.3 is 0 Å². The van der Waals surface area contributed by atoms with Crippen molar-refractivity contribution in [2.45, 2.75) is 51.6 Å². The van der Waals surface area contributed by atoms with E-state index in [1.807, 2.05) is 0 Å². The highest BCUT2D eigenvalue weighted by Gasteiger charge is 2.35. The summed E-state index contributed by atoms with van der Waals surface area (Å²) in [7, 11) is 3.06. The number of nitrogen functional groups attached to an aromatic ring is 2. The first-order chi connectivity index (χ1) is 35.1. The van der Waals surface area contributed by atoms with Gasteiger partial charge in [0.15, 0.2) is 17.2 Å². The predicted octanol–water partition coefficient (Wildman–Crippen LogP) is 5.03. The van der Waals surface area contributed by atoms with Crippen molar-refractivity contribution < 1.29 is 38.2 Å². The Morgan fingerprint density at radius 2 is 1.16 bits per heavy atom. The Balaban J connectivity index is 0.000000216. The van der Waals surface area contributed by atoms with E-state index in [1.165, 1.54) is 41.9 Å². The zero-order valence-corrected chi connectivity index (χ0v) is 41.1. The molecule has 0 spiro atoms. The molecule has 2 aromatic carbocycles. The maximum absolute atomic E-state index is 12.7. The number of amides is 5. The molecule has 8 rings (SSSR count). The highest BCUT2D eigenvalue weighted by atomic mass is 35.5. The zero-order chi connectivity index (χ0) is 52.8. The van der Waals surface area contributed by atoms with Gasteiger partial charge < -0.3 is 53.5 Å². The lowest BCUT2D eigenvalue weighted by molar-refractivity contribution is -0.127. The van der Waals surface area contributed by atoms with Crippen LogP contribution in [0.2, 0.25) is 0 Å². The molecule has 6 heterocycles. The van der Waals surface area contributed by atoms with Crippen molar-refractivity contribution in [1.29, 1.82) is 0 Å². The van der Waals surface area contributed by atoms with Crippen LogP contribution in [0.4, 0.5) is 11.6 Å². The van der Waals surface area contributed by atoms with Gasteiger partial charge in [0.1, 0.15) is 40.3 Å². The van der Waals surface area contributed by atoms with Gasteiger partial charge in [-0.1, -0.05) is 36.4 Å². The van der Waals surface area contributed by atoms with Crippen molar-refractivity contribution >= 4 is 58.0 Å².